The molecule has 1 aliphatic carbocycles. The van der Waals surface area contributed by atoms with Crippen LogP contribution < -0.4 is 10.9 Å². The van der Waals surface area contributed by atoms with Crippen LogP contribution in [0.25, 0.3) is 5.82 Å². The van der Waals surface area contributed by atoms with E-state index < -0.39 is 0 Å². The lowest BCUT2D eigenvalue weighted by Gasteiger charge is -2.31. The second kappa shape index (κ2) is 7.99. The van der Waals surface area contributed by atoms with Crippen molar-refractivity contribution < 1.29 is 4.42 Å². The van der Waals surface area contributed by atoms with E-state index in [-0.39, 0.29) is 17.6 Å². The molecule has 1 aliphatic rings. The molecule has 7 heteroatoms. The van der Waals surface area contributed by atoms with Crippen LogP contribution >= 0.6 is 0 Å². The largest absolute Gasteiger partial charge is 0.465 e. The molecule has 1 fully saturated rings. The minimum absolute atomic E-state index is 0.0499. The number of hydrogen-bond acceptors (Lipinski definition) is 5. The molecule has 3 aromatic heterocycles. The molecule has 4 rings (SSSR count). The Morgan fingerprint density at radius 1 is 1.07 bits per heavy atom. The van der Waals surface area contributed by atoms with Gasteiger partial charge in [0.1, 0.15) is 11.5 Å². The molecular weight excluding hydrogens is 366 g/mol. The molecule has 0 amide bonds. The fraction of sp³-hybridized carbons (Fsp3) is 0.500. The topological polar surface area (TPSA) is 77.9 Å². The summed E-state index contributed by atoms with van der Waals surface area (Å²) in [6.07, 6.45) is 3.87. The predicted molar refractivity (Wildman–Crippen MR) is 111 cm³/mol. The van der Waals surface area contributed by atoms with E-state index in [0.29, 0.717) is 11.9 Å². The number of aryl methyl sites for hydroxylation is 3. The Bertz CT molecular complexity index is 1040. The smallest absolute Gasteiger partial charge is 0.267 e. The molecule has 0 aliphatic heterocycles. The van der Waals surface area contributed by atoms with E-state index in [1.54, 1.807) is 21.5 Å². The monoisotopic (exact) mass is 395 g/mol. The first-order valence-corrected chi connectivity index (χ1v) is 10.4. The molecule has 1 unspecified atom stereocenters. The van der Waals surface area contributed by atoms with Gasteiger partial charge in [0.05, 0.1) is 17.8 Å². The maximum atomic E-state index is 12.5. The Morgan fingerprint density at radius 3 is 2.45 bits per heavy atom. The fourth-order valence-electron chi connectivity index (χ4n) is 4.26. The standard InChI is InChI=1S/C22H29N5O2/c1-14-13-15(2)26(24-14)21-11-12-22(28)27(25-21)19-8-6-18(7-9-19)23-17(4)20-10-5-16(3)29-20/h5,10-13,17-19,23H,6-9H2,1-4H3. The summed E-state index contributed by atoms with van der Waals surface area (Å²) in [6.45, 7) is 8.05. The Labute approximate surface area is 170 Å². The molecule has 0 spiro atoms. The van der Waals surface area contributed by atoms with Crippen molar-refractivity contribution in [3.05, 3.63) is 63.6 Å². The number of hydrogen-bond donors (Lipinski definition) is 1. The zero-order valence-electron chi connectivity index (χ0n) is 17.6. The summed E-state index contributed by atoms with van der Waals surface area (Å²) < 4.78 is 9.18. The first-order chi connectivity index (χ1) is 13.9. The molecule has 0 radical (unpaired) electrons. The molecule has 1 N–H and O–H groups in total. The first kappa shape index (κ1) is 19.6. The van der Waals surface area contributed by atoms with Crippen molar-refractivity contribution in [3.8, 4) is 5.82 Å². The highest BCUT2D eigenvalue weighted by Gasteiger charge is 2.25. The normalized spacial score (nSPS) is 20.7. The number of furan rings is 1. The minimum Gasteiger partial charge on any atom is -0.465 e. The van der Waals surface area contributed by atoms with Crippen LogP contribution in [0.4, 0.5) is 0 Å². The first-order valence-electron chi connectivity index (χ1n) is 10.4. The Kier molecular flexibility index (Phi) is 5.41. The summed E-state index contributed by atoms with van der Waals surface area (Å²) in [5.41, 5.74) is 1.90. The molecule has 154 valence electrons. The van der Waals surface area contributed by atoms with Gasteiger partial charge in [-0.3, -0.25) is 4.79 Å². The van der Waals surface area contributed by atoms with Gasteiger partial charge in [-0.2, -0.15) is 5.10 Å². The lowest BCUT2D eigenvalue weighted by Crippen LogP contribution is -2.37. The summed E-state index contributed by atoms with van der Waals surface area (Å²) in [5, 5.41) is 12.8. The summed E-state index contributed by atoms with van der Waals surface area (Å²) in [7, 11) is 0. The second-order valence-electron chi connectivity index (χ2n) is 8.16. The quantitative estimate of drug-likeness (QED) is 0.711. The van der Waals surface area contributed by atoms with Gasteiger partial charge in [0, 0.05) is 17.8 Å². The van der Waals surface area contributed by atoms with Gasteiger partial charge < -0.3 is 9.73 Å². The Balaban J connectivity index is 1.44. The number of aromatic nitrogens is 4. The van der Waals surface area contributed by atoms with Gasteiger partial charge in [-0.25, -0.2) is 9.36 Å². The summed E-state index contributed by atoms with van der Waals surface area (Å²) in [4.78, 5) is 12.5. The lowest BCUT2D eigenvalue weighted by atomic mass is 9.90. The van der Waals surface area contributed by atoms with E-state index in [1.165, 1.54) is 0 Å². The van der Waals surface area contributed by atoms with E-state index in [1.807, 2.05) is 39.0 Å². The van der Waals surface area contributed by atoms with Crippen LogP contribution in [-0.4, -0.2) is 25.6 Å². The van der Waals surface area contributed by atoms with E-state index >= 15 is 0 Å². The molecule has 3 aromatic rings. The van der Waals surface area contributed by atoms with Gasteiger partial charge in [0.15, 0.2) is 5.82 Å². The third-order valence-electron chi connectivity index (χ3n) is 5.75. The van der Waals surface area contributed by atoms with Gasteiger partial charge in [-0.1, -0.05) is 0 Å². The molecular formula is C22H29N5O2. The molecule has 0 aromatic carbocycles. The van der Waals surface area contributed by atoms with Crippen molar-refractivity contribution in [2.45, 2.75) is 71.5 Å². The zero-order valence-corrected chi connectivity index (χ0v) is 17.6. The highest BCUT2D eigenvalue weighted by atomic mass is 16.3. The molecule has 0 bridgehead atoms. The lowest BCUT2D eigenvalue weighted by molar-refractivity contribution is 0.251. The van der Waals surface area contributed by atoms with Gasteiger partial charge >= 0.3 is 0 Å². The van der Waals surface area contributed by atoms with Crippen LogP contribution in [0.3, 0.4) is 0 Å². The third-order valence-corrected chi connectivity index (χ3v) is 5.75. The average molecular weight is 396 g/mol. The maximum absolute atomic E-state index is 12.5. The SMILES string of the molecule is Cc1cc(C)n(-c2ccc(=O)n(C3CCC(NC(C)c4ccc(C)o4)CC3)n2)n1. The molecule has 3 heterocycles. The van der Waals surface area contributed by atoms with Crippen molar-refractivity contribution >= 4 is 0 Å². The summed E-state index contributed by atoms with van der Waals surface area (Å²) >= 11 is 0. The molecule has 0 saturated heterocycles. The van der Waals surface area contributed by atoms with Crippen LogP contribution in [0.15, 0.2) is 39.5 Å². The van der Waals surface area contributed by atoms with E-state index in [2.05, 4.69) is 22.4 Å². The molecule has 1 saturated carbocycles. The number of nitrogens with zero attached hydrogens (tertiary/aromatic N) is 4. The van der Waals surface area contributed by atoms with Crippen molar-refractivity contribution in [3.63, 3.8) is 0 Å². The fourth-order valence-corrected chi connectivity index (χ4v) is 4.26. The Hall–Kier alpha value is -2.67. The van der Waals surface area contributed by atoms with E-state index in [4.69, 9.17) is 4.42 Å². The second-order valence-corrected chi connectivity index (χ2v) is 8.16. The third kappa shape index (κ3) is 4.19. The zero-order chi connectivity index (χ0) is 20.5. The molecule has 1 atom stereocenters. The van der Waals surface area contributed by atoms with Gasteiger partial charge in [0.2, 0.25) is 0 Å². The van der Waals surface area contributed by atoms with Crippen LogP contribution in [0.1, 0.15) is 67.6 Å². The van der Waals surface area contributed by atoms with Crippen molar-refractivity contribution in [1.82, 2.24) is 24.9 Å². The van der Waals surface area contributed by atoms with Crippen molar-refractivity contribution in [2.75, 3.05) is 0 Å². The highest BCUT2D eigenvalue weighted by molar-refractivity contribution is 5.24. The van der Waals surface area contributed by atoms with Crippen LogP contribution in [0.2, 0.25) is 0 Å². The van der Waals surface area contributed by atoms with Crippen LogP contribution in [-0.2, 0) is 0 Å². The van der Waals surface area contributed by atoms with Gasteiger partial charge in [0.25, 0.3) is 5.56 Å². The van der Waals surface area contributed by atoms with Crippen molar-refractivity contribution in [2.24, 2.45) is 0 Å². The van der Waals surface area contributed by atoms with Crippen LogP contribution in [0, 0.1) is 20.8 Å². The van der Waals surface area contributed by atoms with E-state index in [0.717, 1.165) is 48.6 Å². The van der Waals surface area contributed by atoms with E-state index in [9.17, 15) is 4.79 Å². The average Bonchev–Trinajstić information content (AvgIpc) is 3.28. The van der Waals surface area contributed by atoms with Crippen LogP contribution in [0.5, 0.6) is 0 Å². The van der Waals surface area contributed by atoms with Gasteiger partial charge in [-0.05, 0) is 77.6 Å². The summed E-state index contributed by atoms with van der Waals surface area (Å²) in [6, 6.07) is 10.1. The maximum Gasteiger partial charge on any atom is 0.267 e. The number of nitrogens with one attached hydrogen (secondary N) is 1. The summed E-state index contributed by atoms with van der Waals surface area (Å²) in [5.74, 6) is 2.60. The highest BCUT2D eigenvalue weighted by Crippen LogP contribution is 2.29. The molecule has 7 nitrogen and oxygen atoms in total. The number of rotatable bonds is 5. The Morgan fingerprint density at radius 2 is 1.83 bits per heavy atom. The van der Waals surface area contributed by atoms with Crippen molar-refractivity contribution in [1.29, 1.82) is 0 Å². The minimum atomic E-state index is -0.0499. The van der Waals surface area contributed by atoms with Gasteiger partial charge in [-0.15, -0.1) is 5.10 Å². The molecule has 29 heavy (non-hydrogen) atoms. The predicted octanol–water partition coefficient (Wildman–Crippen LogP) is 3.78.